The summed E-state index contributed by atoms with van der Waals surface area (Å²) in [6, 6.07) is 0. The number of hydrogen-bond acceptors (Lipinski definition) is 2. The second-order valence-electron chi connectivity index (χ2n) is 2.84. The molecule has 0 fully saturated rings. The van der Waals surface area contributed by atoms with Gasteiger partial charge in [0.2, 0.25) is 0 Å². The molecule has 16 heavy (non-hydrogen) atoms. The molecule has 0 rings (SSSR count). The zero-order chi connectivity index (χ0) is 13.7. The fourth-order valence-electron chi connectivity index (χ4n) is 0. The van der Waals surface area contributed by atoms with E-state index in [0.29, 0.717) is 0 Å². The average molecular weight is 228 g/mol. The first-order valence-corrected chi connectivity index (χ1v) is 4.55. The highest BCUT2D eigenvalue weighted by molar-refractivity contribution is 5.85. The molecule has 0 amide bonds. The van der Waals surface area contributed by atoms with Gasteiger partial charge in [0.1, 0.15) is 0 Å². The molecule has 0 bridgehead atoms. The van der Waals surface area contributed by atoms with E-state index in [1.54, 1.807) is 0 Å². The second-order valence-corrected chi connectivity index (χ2v) is 2.84. The van der Waals surface area contributed by atoms with Crippen LogP contribution in [0.15, 0.2) is 36.5 Å². The lowest BCUT2D eigenvalue weighted by Gasteiger charge is -1.79. The topological polar surface area (TPSA) is 74.6 Å². The lowest BCUT2D eigenvalue weighted by molar-refractivity contribution is -0.133. The molecule has 0 heterocycles. The van der Waals surface area contributed by atoms with Crippen molar-refractivity contribution in [3.63, 3.8) is 0 Å². The van der Waals surface area contributed by atoms with Crippen molar-refractivity contribution in [2.75, 3.05) is 0 Å². The number of allylic oxidation sites excluding steroid dienone is 2. The van der Waals surface area contributed by atoms with Crippen molar-refractivity contribution in [1.29, 1.82) is 0 Å². The molecular formula is C12H20O4. The summed E-state index contributed by atoms with van der Waals surface area (Å²) in [5.41, 5.74) is 0.352. The monoisotopic (exact) mass is 228 g/mol. The summed E-state index contributed by atoms with van der Waals surface area (Å²) in [4.78, 5) is 19.2. The summed E-state index contributed by atoms with van der Waals surface area (Å²) in [6.45, 7) is 13.2. The first-order chi connectivity index (χ1) is 7.20. The van der Waals surface area contributed by atoms with Crippen LogP contribution in [0.5, 0.6) is 0 Å². The number of carbonyl (C=O) groups is 2. The molecule has 0 aromatic heterocycles. The van der Waals surface area contributed by atoms with Crippen molar-refractivity contribution in [2.24, 2.45) is 0 Å². The van der Waals surface area contributed by atoms with E-state index in [-0.39, 0.29) is 11.1 Å². The molecule has 0 saturated carbocycles. The Labute approximate surface area is 96.6 Å². The zero-order valence-electron chi connectivity index (χ0n) is 10.3. The molecule has 2 N–H and O–H groups in total. The van der Waals surface area contributed by atoms with Crippen LogP contribution >= 0.6 is 0 Å². The van der Waals surface area contributed by atoms with Crippen LogP contribution in [0, 0.1) is 0 Å². The maximum atomic E-state index is 9.60. The van der Waals surface area contributed by atoms with Crippen LogP contribution in [0.4, 0.5) is 0 Å². The first kappa shape index (κ1) is 19.7. The van der Waals surface area contributed by atoms with E-state index in [9.17, 15) is 9.59 Å². The minimum atomic E-state index is -0.935. The maximum Gasteiger partial charge on any atom is 0.330 e. The van der Waals surface area contributed by atoms with Crippen molar-refractivity contribution < 1.29 is 19.8 Å². The van der Waals surface area contributed by atoms with E-state index in [1.807, 2.05) is 26.0 Å². The third-order valence-corrected chi connectivity index (χ3v) is 1.06. The Morgan fingerprint density at radius 3 is 1.00 bits per heavy atom. The first-order valence-electron chi connectivity index (χ1n) is 4.55. The van der Waals surface area contributed by atoms with E-state index in [0.717, 1.165) is 0 Å². The van der Waals surface area contributed by atoms with Crippen molar-refractivity contribution in [3.05, 3.63) is 36.5 Å². The molecule has 0 aliphatic rings. The van der Waals surface area contributed by atoms with Crippen LogP contribution in [0.1, 0.15) is 27.7 Å². The van der Waals surface area contributed by atoms with Gasteiger partial charge in [0, 0.05) is 11.1 Å². The number of carboxylic acid groups (broad SMARTS) is 2. The van der Waals surface area contributed by atoms with Gasteiger partial charge in [0.05, 0.1) is 0 Å². The van der Waals surface area contributed by atoms with Crippen molar-refractivity contribution in [3.8, 4) is 0 Å². The highest BCUT2D eigenvalue weighted by Gasteiger charge is 1.90. The number of aliphatic carboxylic acids is 2. The van der Waals surface area contributed by atoms with Gasteiger partial charge < -0.3 is 10.2 Å². The van der Waals surface area contributed by atoms with Crippen LogP contribution < -0.4 is 0 Å². The quantitative estimate of drug-likeness (QED) is 0.563. The molecule has 4 nitrogen and oxygen atoms in total. The Morgan fingerprint density at radius 1 is 0.875 bits per heavy atom. The molecular weight excluding hydrogens is 208 g/mol. The fourth-order valence-corrected chi connectivity index (χ4v) is 0. The average Bonchev–Trinajstić information content (AvgIpc) is 2.18. The molecule has 0 saturated heterocycles. The van der Waals surface area contributed by atoms with Crippen LogP contribution in [-0.2, 0) is 9.59 Å². The van der Waals surface area contributed by atoms with Crippen molar-refractivity contribution in [2.45, 2.75) is 27.7 Å². The lowest BCUT2D eigenvalue weighted by atomic mass is 10.4. The Hall–Kier alpha value is -1.84. The number of carboxylic acids is 2. The van der Waals surface area contributed by atoms with Crippen LogP contribution in [0.3, 0.4) is 0 Å². The third-order valence-electron chi connectivity index (χ3n) is 1.06. The predicted molar refractivity (Wildman–Crippen MR) is 65.4 cm³/mol. The molecule has 92 valence electrons. The van der Waals surface area contributed by atoms with Crippen molar-refractivity contribution >= 4 is 11.9 Å². The zero-order valence-corrected chi connectivity index (χ0v) is 10.3. The third kappa shape index (κ3) is 29.5. The largest absolute Gasteiger partial charge is 0.478 e. The van der Waals surface area contributed by atoms with Gasteiger partial charge in [-0.2, -0.15) is 0 Å². The van der Waals surface area contributed by atoms with Gasteiger partial charge in [-0.05, 0) is 27.7 Å². The maximum absolute atomic E-state index is 9.60. The van der Waals surface area contributed by atoms with Crippen LogP contribution in [-0.4, -0.2) is 22.2 Å². The summed E-state index contributed by atoms with van der Waals surface area (Å²) >= 11 is 0. The lowest BCUT2D eigenvalue weighted by Crippen LogP contribution is -1.92. The molecule has 0 aromatic rings. The Balaban J connectivity index is -0.000000162. The van der Waals surface area contributed by atoms with Crippen LogP contribution in [0.25, 0.3) is 0 Å². The molecule has 0 unspecified atom stereocenters. The molecule has 0 atom stereocenters. The Kier molecular flexibility index (Phi) is 16.2. The van der Waals surface area contributed by atoms with Gasteiger partial charge in [-0.1, -0.05) is 25.3 Å². The smallest absolute Gasteiger partial charge is 0.330 e. The minimum Gasteiger partial charge on any atom is -0.478 e. The van der Waals surface area contributed by atoms with E-state index in [2.05, 4.69) is 13.2 Å². The number of hydrogen-bond donors (Lipinski definition) is 2. The standard InChI is InChI=1S/2C4H6O2.C4H8/c2*1-3(2)4(5)6;1-3-4-2/h2*1H2,2H3,(H,5,6);3-4H,1-2H3. The highest BCUT2D eigenvalue weighted by atomic mass is 16.4. The van der Waals surface area contributed by atoms with Crippen LogP contribution in [0.2, 0.25) is 0 Å². The summed E-state index contributed by atoms with van der Waals surface area (Å²) in [5.74, 6) is -1.87. The highest BCUT2D eigenvalue weighted by Crippen LogP contribution is 1.81. The molecule has 0 aromatic carbocycles. The van der Waals surface area contributed by atoms with Crippen molar-refractivity contribution in [1.82, 2.24) is 0 Å². The minimum absolute atomic E-state index is 0.176. The van der Waals surface area contributed by atoms with E-state index in [1.165, 1.54) is 13.8 Å². The molecule has 4 heteroatoms. The molecule has 0 aliphatic carbocycles. The summed E-state index contributed by atoms with van der Waals surface area (Å²) in [6.07, 6.45) is 4.00. The Morgan fingerprint density at radius 2 is 1.00 bits per heavy atom. The van der Waals surface area contributed by atoms with E-state index >= 15 is 0 Å². The van der Waals surface area contributed by atoms with E-state index < -0.39 is 11.9 Å². The molecule has 0 radical (unpaired) electrons. The van der Waals surface area contributed by atoms with Gasteiger partial charge in [0.15, 0.2) is 0 Å². The number of rotatable bonds is 2. The van der Waals surface area contributed by atoms with Gasteiger partial charge in [0.25, 0.3) is 0 Å². The summed E-state index contributed by atoms with van der Waals surface area (Å²) in [5, 5.41) is 15.8. The van der Waals surface area contributed by atoms with Gasteiger partial charge in [-0.25, -0.2) is 9.59 Å². The molecule has 0 aliphatic heterocycles. The molecule has 0 spiro atoms. The van der Waals surface area contributed by atoms with Gasteiger partial charge in [-0.3, -0.25) is 0 Å². The Bertz CT molecular complexity index is 223. The normalized spacial score (nSPS) is 8.00. The van der Waals surface area contributed by atoms with E-state index in [4.69, 9.17) is 10.2 Å². The predicted octanol–water partition coefficient (Wildman–Crippen LogP) is 2.88. The summed E-state index contributed by atoms with van der Waals surface area (Å²) in [7, 11) is 0. The van der Waals surface area contributed by atoms with Gasteiger partial charge in [-0.15, -0.1) is 0 Å². The van der Waals surface area contributed by atoms with Gasteiger partial charge >= 0.3 is 11.9 Å². The summed E-state index contributed by atoms with van der Waals surface area (Å²) < 4.78 is 0. The fraction of sp³-hybridized carbons (Fsp3) is 0.333. The second kappa shape index (κ2) is 13.2. The SMILES string of the molecule is C=C(C)C(=O)O.C=C(C)C(=O)O.CC=CC.